The van der Waals surface area contributed by atoms with E-state index in [9.17, 15) is 14.4 Å². The van der Waals surface area contributed by atoms with Gasteiger partial charge in [-0.2, -0.15) is 0 Å². The summed E-state index contributed by atoms with van der Waals surface area (Å²) in [4.78, 5) is 42.1. The second-order valence-electron chi connectivity index (χ2n) is 10.8. The number of hydrogen-bond donors (Lipinski definition) is 2. The minimum Gasteiger partial charge on any atom is -0.444 e. The minimum absolute atomic E-state index is 0.0698. The third-order valence-corrected chi connectivity index (χ3v) is 5.78. The summed E-state index contributed by atoms with van der Waals surface area (Å²) < 4.78 is 5.47. The number of hydrogen-bond acceptors (Lipinski definition) is 4. The highest BCUT2D eigenvalue weighted by molar-refractivity contribution is 5.92. The summed E-state index contributed by atoms with van der Waals surface area (Å²) in [5.74, 6) is -0.524. The molecular formula is C29H39N3O4. The predicted octanol–water partition coefficient (Wildman–Crippen LogP) is 4.69. The van der Waals surface area contributed by atoms with E-state index in [0.717, 1.165) is 29.5 Å². The van der Waals surface area contributed by atoms with Crippen LogP contribution in [0.3, 0.4) is 0 Å². The molecule has 0 bridgehead atoms. The minimum atomic E-state index is -0.887. The number of ether oxygens (including phenoxy) is 1. The van der Waals surface area contributed by atoms with Gasteiger partial charge >= 0.3 is 6.09 Å². The molecule has 1 saturated carbocycles. The fraction of sp³-hybridized carbons (Fsp3) is 0.483. The van der Waals surface area contributed by atoms with E-state index < -0.39 is 23.8 Å². The summed E-state index contributed by atoms with van der Waals surface area (Å²) in [7, 11) is 0. The molecule has 2 aromatic rings. The van der Waals surface area contributed by atoms with Crippen molar-refractivity contribution in [3.05, 3.63) is 71.3 Å². The average Bonchev–Trinajstić information content (AvgIpc) is 3.60. The lowest BCUT2D eigenvalue weighted by atomic mass is 9.98. The Kier molecular flexibility index (Phi) is 8.77. The van der Waals surface area contributed by atoms with Crippen LogP contribution in [0.1, 0.15) is 70.2 Å². The maximum absolute atomic E-state index is 14.2. The van der Waals surface area contributed by atoms with E-state index >= 15 is 0 Å². The van der Waals surface area contributed by atoms with E-state index in [1.165, 1.54) is 0 Å². The first-order valence-corrected chi connectivity index (χ1v) is 12.7. The van der Waals surface area contributed by atoms with Crippen LogP contribution in [0.4, 0.5) is 4.79 Å². The van der Waals surface area contributed by atoms with Crippen molar-refractivity contribution < 1.29 is 19.1 Å². The van der Waals surface area contributed by atoms with Gasteiger partial charge in [0.1, 0.15) is 17.7 Å². The Labute approximate surface area is 214 Å². The number of rotatable bonds is 9. The van der Waals surface area contributed by atoms with Gasteiger partial charge in [-0.15, -0.1) is 0 Å². The molecule has 1 aliphatic rings. The van der Waals surface area contributed by atoms with Gasteiger partial charge < -0.3 is 20.3 Å². The molecule has 0 radical (unpaired) electrons. The van der Waals surface area contributed by atoms with Crippen LogP contribution in [0.25, 0.3) is 0 Å². The number of nitrogens with one attached hydrogen (secondary N) is 2. The maximum Gasteiger partial charge on any atom is 0.408 e. The first-order valence-electron chi connectivity index (χ1n) is 12.7. The molecule has 0 spiro atoms. The number of carbonyl (C=O) groups is 3. The van der Waals surface area contributed by atoms with Gasteiger partial charge in [-0.25, -0.2) is 4.79 Å². The third kappa shape index (κ3) is 7.83. The predicted molar refractivity (Wildman–Crippen MR) is 140 cm³/mol. The summed E-state index contributed by atoms with van der Waals surface area (Å²) in [6.07, 6.45) is 1.25. The second-order valence-corrected chi connectivity index (χ2v) is 10.8. The Balaban J connectivity index is 1.99. The highest BCUT2D eigenvalue weighted by atomic mass is 16.6. The van der Waals surface area contributed by atoms with Crippen molar-refractivity contribution in [3.63, 3.8) is 0 Å². The molecular weight excluding hydrogens is 454 g/mol. The standard InChI is InChI=1S/C29H39N3O4/c1-19(2)30-26(33)25(22-14-10-11-20(3)17-22)32(23-15-16-23)27(34)24(18-21-12-8-7-9-13-21)31-28(35)36-29(4,5)6/h7-14,17,19,23-25H,15-16,18H2,1-6H3,(H,30,33)(H,31,35). The van der Waals surface area contributed by atoms with Crippen LogP contribution in [0.15, 0.2) is 54.6 Å². The van der Waals surface area contributed by atoms with E-state index in [4.69, 9.17) is 4.74 Å². The smallest absolute Gasteiger partial charge is 0.408 e. The summed E-state index contributed by atoms with van der Waals surface area (Å²) in [6, 6.07) is 15.4. The topological polar surface area (TPSA) is 87.7 Å². The van der Waals surface area contributed by atoms with Crippen LogP contribution in [0, 0.1) is 6.92 Å². The van der Waals surface area contributed by atoms with Crippen molar-refractivity contribution in [2.45, 2.75) is 90.6 Å². The van der Waals surface area contributed by atoms with Crippen molar-refractivity contribution in [1.29, 1.82) is 0 Å². The first-order chi connectivity index (χ1) is 16.9. The first kappa shape index (κ1) is 27.2. The normalized spacial score (nSPS) is 15.1. The van der Waals surface area contributed by atoms with Crippen molar-refractivity contribution in [1.82, 2.24) is 15.5 Å². The Morgan fingerprint density at radius 3 is 2.22 bits per heavy atom. The number of carbonyl (C=O) groups excluding carboxylic acids is 3. The fourth-order valence-electron chi connectivity index (χ4n) is 4.19. The van der Waals surface area contributed by atoms with Gasteiger partial charge in [-0.05, 0) is 65.5 Å². The molecule has 1 aliphatic carbocycles. The number of alkyl carbamates (subject to hydrolysis) is 1. The second kappa shape index (κ2) is 11.6. The molecule has 36 heavy (non-hydrogen) atoms. The van der Waals surface area contributed by atoms with E-state index in [-0.39, 0.29) is 30.3 Å². The quantitative estimate of drug-likeness (QED) is 0.531. The van der Waals surface area contributed by atoms with Gasteiger partial charge in [0.25, 0.3) is 0 Å². The molecule has 2 atom stereocenters. The highest BCUT2D eigenvalue weighted by Crippen LogP contribution is 2.36. The molecule has 2 N–H and O–H groups in total. The highest BCUT2D eigenvalue weighted by Gasteiger charge is 2.44. The van der Waals surface area contributed by atoms with E-state index in [2.05, 4.69) is 10.6 Å². The Morgan fingerprint density at radius 2 is 1.67 bits per heavy atom. The van der Waals surface area contributed by atoms with Crippen LogP contribution in [0.2, 0.25) is 0 Å². The molecule has 2 unspecified atom stereocenters. The van der Waals surface area contributed by atoms with Crippen molar-refractivity contribution in [3.8, 4) is 0 Å². The number of benzene rings is 2. The van der Waals surface area contributed by atoms with Crippen molar-refractivity contribution in [2.24, 2.45) is 0 Å². The Morgan fingerprint density at radius 1 is 1.00 bits per heavy atom. The molecule has 0 aliphatic heterocycles. The van der Waals surface area contributed by atoms with Gasteiger partial charge in [0, 0.05) is 18.5 Å². The molecule has 0 aromatic heterocycles. The molecule has 3 amide bonds. The number of amides is 3. The largest absolute Gasteiger partial charge is 0.444 e. The molecule has 194 valence electrons. The maximum atomic E-state index is 14.2. The van der Waals surface area contributed by atoms with Crippen LogP contribution < -0.4 is 10.6 Å². The summed E-state index contributed by atoms with van der Waals surface area (Å²) in [6.45, 7) is 11.1. The zero-order valence-corrected chi connectivity index (χ0v) is 22.2. The van der Waals surface area contributed by atoms with Crippen molar-refractivity contribution >= 4 is 17.9 Å². The summed E-state index contributed by atoms with van der Waals surface area (Å²) >= 11 is 0. The Hall–Kier alpha value is -3.35. The summed E-state index contributed by atoms with van der Waals surface area (Å²) in [5.41, 5.74) is 1.96. The third-order valence-electron chi connectivity index (χ3n) is 5.78. The average molecular weight is 494 g/mol. The molecule has 1 fully saturated rings. The lowest BCUT2D eigenvalue weighted by Crippen LogP contribution is -2.55. The molecule has 3 rings (SSSR count). The number of nitrogens with zero attached hydrogens (tertiary/aromatic N) is 1. The molecule has 7 heteroatoms. The van der Waals surface area contributed by atoms with E-state index in [0.29, 0.717) is 0 Å². The monoisotopic (exact) mass is 493 g/mol. The van der Waals surface area contributed by atoms with Gasteiger partial charge in [0.2, 0.25) is 11.8 Å². The zero-order chi connectivity index (χ0) is 26.5. The van der Waals surface area contributed by atoms with E-state index in [1.807, 2.05) is 75.4 Å². The van der Waals surface area contributed by atoms with Crippen LogP contribution in [-0.2, 0) is 20.7 Å². The van der Waals surface area contributed by atoms with Crippen LogP contribution in [0.5, 0.6) is 0 Å². The molecule has 2 aromatic carbocycles. The van der Waals surface area contributed by atoms with Gasteiger partial charge in [0.15, 0.2) is 0 Å². The molecule has 0 saturated heterocycles. The van der Waals surface area contributed by atoms with E-state index in [1.54, 1.807) is 25.7 Å². The number of aryl methyl sites for hydroxylation is 1. The van der Waals surface area contributed by atoms with Gasteiger partial charge in [0.05, 0.1) is 0 Å². The SMILES string of the molecule is Cc1cccc(C(C(=O)NC(C)C)N(C(=O)C(Cc2ccccc2)NC(=O)OC(C)(C)C)C2CC2)c1. The molecule has 7 nitrogen and oxygen atoms in total. The fourth-order valence-corrected chi connectivity index (χ4v) is 4.19. The lowest BCUT2D eigenvalue weighted by Gasteiger charge is -2.35. The van der Waals surface area contributed by atoms with Crippen LogP contribution >= 0.6 is 0 Å². The van der Waals surface area contributed by atoms with Crippen LogP contribution in [-0.4, -0.2) is 46.5 Å². The Bertz CT molecular complexity index is 1060. The van der Waals surface area contributed by atoms with Gasteiger partial charge in [-0.1, -0.05) is 60.2 Å². The lowest BCUT2D eigenvalue weighted by molar-refractivity contribution is -0.143. The van der Waals surface area contributed by atoms with Gasteiger partial charge in [-0.3, -0.25) is 9.59 Å². The summed E-state index contributed by atoms with van der Waals surface area (Å²) in [5, 5.41) is 5.79. The zero-order valence-electron chi connectivity index (χ0n) is 22.2. The van der Waals surface area contributed by atoms with Crippen molar-refractivity contribution in [2.75, 3.05) is 0 Å². The molecule has 0 heterocycles.